The van der Waals surface area contributed by atoms with E-state index < -0.39 is 16.1 Å². The maximum Gasteiger partial charge on any atom is 0.242 e. The van der Waals surface area contributed by atoms with E-state index in [1.807, 2.05) is 63.2 Å². The first-order valence-electron chi connectivity index (χ1n) is 13.2. The highest BCUT2D eigenvalue weighted by atomic mass is 32.2. The van der Waals surface area contributed by atoms with E-state index in [0.717, 1.165) is 47.9 Å². The second kappa shape index (κ2) is 12.6. The van der Waals surface area contributed by atoms with Crippen molar-refractivity contribution >= 4 is 27.5 Å². The Kier molecular flexibility index (Phi) is 9.76. The summed E-state index contributed by atoms with van der Waals surface area (Å²) in [5.41, 5.74) is 4.61. The molecular formula is C29H41N3O4S. The summed E-state index contributed by atoms with van der Waals surface area (Å²) in [6.07, 6.45) is 5.86. The van der Waals surface area contributed by atoms with Gasteiger partial charge in [0, 0.05) is 25.6 Å². The van der Waals surface area contributed by atoms with Crippen LogP contribution in [0.3, 0.4) is 0 Å². The fraction of sp³-hybridized carbons (Fsp3) is 0.517. The lowest BCUT2D eigenvalue weighted by Gasteiger charge is -2.30. The maximum atomic E-state index is 13.5. The predicted molar refractivity (Wildman–Crippen MR) is 149 cm³/mol. The van der Waals surface area contributed by atoms with Crippen molar-refractivity contribution in [3.05, 3.63) is 64.7 Å². The van der Waals surface area contributed by atoms with Crippen LogP contribution in [0.4, 0.5) is 5.69 Å². The summed E-state index contributed by atoms with van der Waals surface area (Å²) in [6.45, 7) is 8.15. The number of nitrogens with one attached hydrogen (secondary N) is 1. The molecule has 2 aromatic carbocycles. The standard InChI is InChI=1S/C29H41N3O4S/c1-21-10-8-11-25(17-21)20-31(24(4)29(34)30-26-12-6-7-13-26)28(33)14-9-15-32(37(5,35)36)27-18-22(2)16-23(3)19-27/h8,10-11,16-19,24,26H,6-7,9,12-15,20H2,1-5H3,(H,30,34)/t24-/m0/s1. The van der Waals surface area contributed by atoms with Gasteiger partial charge in [0.2, 0.25) is 21.8 Å². The zero-order valence-corrected chi connectivity index (χ0v) is 23.6. The third kappa shape index (κ3) is 8.32. The van der Waals surface area contributed by atoms with Crippen LogP contribution in [0.5, 0.6) is 0 Å². The van der Waals surface area contributed by atoms with Crippen LogP contribution in [-0.2, 0) is 26.2 Å². The monoisotopic (exact) mass is 527 g/mol. The molecule has 0 radical (unpaired) electrons. The Morgan fingerprint density at radius 1 is 1.00 bits per heavy atom. The van der Waals surface area contributed by atoms with Gasteiger partial charge in [-0.05, 0) is 75.8 Å². The highest BCUT2D eigenvalue weighted by Gasteiger charge is 2.28. The average Bonchev–Trinajstić information content (AvgIpc) is 3.31. The zero-order valence-electron chi connectivity index (χ0n) is 22.8. The minimum Gasteiger partial charge on any atom is -0.352 e. The van der Waals surface area contributed by atoms with E-state index >= 15 is 0 Å². The molecule has 0 heterocycles. The maximum absolute atomic E-state index is 13.5. The Bertz CT molecular complexity index is 1190. The highest BCUT2D eigenvalue weighted by Crippen LogP contribution is 2.23. The molecule has 1 saturated carbocycles. The van der Waals surface area contributed by atoms with Gasteiger partial charge in [-0.3, -0.25) is 13.9 Å². The molecule has 8 heteroatoms. The quantitative estimate of drug-likeness (QED) is 0.461. The SMILES string of the molecule is Cc1cccc(CN(C(=O)CCCN(c2cc(C)cc(C)c2)S(C)(=O)=O)[C@@H](C)C(=O)NC2CCCC2)c1. The number of carbonyl (C=O) groups is 2. The number of benzene rings is 2. The number of sulfonamides is 1. The van der Waals surface area contributed by atoms with Crippen LogP contribution >= 0.6 is 0 Å². The molecule has 7 nitrogen and oxygen atoms in total. The predicted octanol–water partition coefficient (Wildman–Crippen LogP) is 4.63. The molecule has 0 aromatic heterocycles. The van der Waals surface area contributed by atoms with Crippen LogP contribution in [0.15, 0.2) is 42.5 Å². The number of rotatable bonds is 11. The Labute approximate surface area is 222 Å². The molecule has 1 aliphatic carbocycles. The third-order valence-corrected chi connectivity index (χ3v) is 8.14. The first-order valence-corrected chi connectivity index (χ1v) is 15.0. The summed E-state index contributed by atoms with van der Waals surface area (Å²) in [6, 6.07) is 13.2. The second-order valence-electron chi connectivity index (χ2n) is 10.5. The van der Waals surface area contributed by atoms with Gasteiger partial charge < -0.3 is 10.2 Å². The lowest BCUT2D eigenvalue weighted by molar-refractivity contribution is -0.141. The van der Waals surface area contributed by atoms with Gasteiger partial charge in [-0.15, -0.1) is 0 Å². The molecule has 2 aromatic rings. The van der Waals surface area contributed by atoms with Crippen molar-refractivity contribution in [3.63, 3.8) is 0 Å². The zero-order chi connectivity index (χ0) is 27.2. The van der Waals surface area contributed by atoms with Gasteiger partial charge in [0.15, 0.2) is 0 Å². The van der Waals surface area contributed by atoms with Gasteiger partial charge in [0.25, 0.3) is 0 Å². The minimum absolute atomic E-state index is 0.138. The van der Waals surface area contributed by atoms with Crippen LogP contribution in [0.1, 0.15) is 67.7 Å². The second-order valence-corrected chi connectivity index (χ2v) is 12.4. The van der Waals surface area contributed by atoms with Crippen LogP contribution in [-0.4, -0.2) is 50.0 Å². The van der Waals surface area contributed by atoms with Crippen molar-refractivity contribution < 1.29 is 18.0 Å². The number of aryl methyl sites for hydroxylation is 3. The molecule has 0 aliphatic heterocycles. The Balaban J connectivity index is 1.73. The van der Waals surface area contributed by atoms with E-state index in [4.69, 9.17) is 0 Å². The number of amides is 2. The lowest BCUT2D eigenvalue weighted by atomic mass is 10.1. The van der Waals surface area contributed by atoms with Crippen molar-refractivity contribution in [2.24, 2.45) is 0 Å². The smallest absolute Gasteiger partial charge is 0.242 e. The molecule has 1 N–H and O–H groups in total. The van der Waals surface area contributed by atoms with Crippen molar-refractivity contribution in [2.75, 3.05) is 17.1 Å². The number of anilines is 1. The molecule has 1 aliphatic rings. The van der Waals surface area contributed by atoms with Gasteiger partial charge in [-0.2, -0.15) is 0 Å². The summed E-state index contributed by atoms with van der Waals surface area (Å²) in [7, 11) is -3.52. The van der Waals surface area contributed by atoms with E-state index in [-0.39, 0.29) is 30.8 Å². The van der Waals surface area contributed by atoms with E-state index in [1.165, 1.54) is 10.6 Å². The third-order valence-electron chi connectivity index (χ3n) is 6.95. The molecule has 2 amide bonds. The van der Waals surface area contributed by atoms with E-state index in [9.17, 15) is 18.0 Å². The molecule has 37 heavy (non-hydrogen) atoms. The average molecular weight is 528 g/mol. The summed E-state index contributed by atoms with van der Waals surface area (Å²) in [4.78, 5) is 28.2. The molecule has 1 fully saturated rings. The van der Waals surface area contributed by atoms with E-state index in [1.54, 1.807) is 11.8 Å². The van der Waals surface area contributed by atoms with Gasteiger partial charge in [0.1, 0.15) is 6.04 Å². The van der Waals surface area contributed by atoms with Crippen molar-refractivity contribution in [1.29, 1.82) is 0 Å². The fourth-order valence-corrected chi connectivity index (χ4v) is 6.03. The molecule has 3 rings (SSSR count). The molecular weight excluding hydrogens is 486 g/mol. The number of carbonyl (C=O) groups excluding carboxylic acids is 2. The molecule has 0 saturated heterocycles. The first kappa shape index (κ1) is 28.7. The van der Waals surface area contributed by atoms with Gasteiger partial charge in [0.05, 0.1) is 11.9 Å². The van der Waals surface area contributed by atoms with Crippen molar-refractivity contribution in [1.82, 2.24) is 10.2 Å². The lowest BCUT2D eigenvalue weighted by Crippen LogP contribution is -2.49. The summed E-state index contributed by atoms with van der Waals surface area (Å²) >= 11 is 0. The number of nitrogens with zero attached hydrogens (tertiary/aromatic N) is 2. The van der Waals surface area contributed by atoms with Crippen LogP contribution in [0, 0.1) is 20.8 Å². The number of hydrogen-bond donors (Lipinski definition) is 1. The van der Waals surface area contributed by atoms with Gasteiger partial charge in [-0.1, -0.05) is 48.7 Å². The van der Waals surface area contributed by atoms with Crippen LogP contribution < -0.4 is 9.62 Å². The van der Waals surface area contributed by atoms with Crippen molar-refractivity contribution in [2.45, 2.75) is 84.8 Å². The van der Waals surface area contributed by atoms with Crippen molar-refractivity contribution in [3.8, 4) is 0 Å². The Morgan fingerprint density at radius 2 is 1.65 bits per heavy atom. The topological polar surface area (TPSA) is 86.8 Å². The van der Waals surface area contributed by atoms with E-state index in [2.05, 4.69) is 5.32 Å². The number of hydrogen-bond acceptors (Lipinski definition) is 4. The van der Waals surface area contributed by atoms with E-state index in [0.29, 0.717) is 18.7 Å². The normalized spacial score (nSPS) is 14.8. The fourth-order valence-electron chi connectivity index (χ4n) is 5.08. The summed E-state index contributed by atoms with van der Waals surface area (Å²) < 4.78 is 26.5. The molecule has 202 valence electrons. The van der Waals surface area contributed by atoms with Crippen LogP contribution in [0.25, 0.3) is 0 Å². The highest BCUT2D eigenvalue weighted by molar-refractivity contribution is 7.92. The minimum atomic E-state index is -3.52. The summed E-state index contributed by atoms with van der Waals surface area (Å²) in [5.74, 6) is -0.301. The molecule has 0 spiro atoms. The Morgan fingerprint density at radius 3 is 2.24 bits per heavy atom. The van der Waals surface area contributed by atoms with Gasteiger partial charge >= 0.3 is 0 Å². The Hall–Kier alpha value is -2.87. The summed E-state index contributed by atoms with van der Waals surface area (Å²) in [5, 5.41) is 3.12. The van der Waals surface area contributed by atoms with Gasteiger partial charge in [-0.25, -0.2) is 8.42 Å². The molecule has 0 unspecified atom stereocenters. The molecule has 0 bridgehead atoms. The van der Waals surface area contributed by atoms with Crippen LogP contribution in [0.2, 0.25) is 0 Å². The first-order chi connectivity index (χ1) is 17.4. The largest absolute Gasteiger partial charge is 0.352 e. The molecule has 1 atom stereocenters.